The highest BCUT2D eigenvalue weighted by Crippen LogP contribution is 2.19. The highest BCUT2D eigenvalue weighted by atomic mass is 15.0. The van der Waals surface area contributed by atoms with Crippen LogP contribution in [0.3, 0.4) is 0 Å². The molecule has 2 N–H and O–H groups in total. The summed E-state index contributed by atoms with van der Waals surface area (Å²) in [5.74, 6) is 1.09. The van der Waals surface area contributed by atoms with Crippen molar-refractivity contribution in [3.05, 3.63) is 53.6 Å². The first kappa shape index (κ1) is 11.9. The lowest BCUT2D eigenvalue weighted by Crippen LogP contribution is -2.13. The number of benzene rings is 1. The van der Waals surface area contributed by atoms with Crippen LogP contribution in [0.4, 0.5) is 0 Å². The maximum atomic E-state index is 6.23. The molecule has 0 aliphatic heterocycles. The summed E-state index contributed by atoms with van der Waals surface area (Å²) in [6, 6.07) is 8.40. The Bertz CT molecular complexity index is 488. The molecule has 0 aliphatic carbocycles. The van der Waals surface area contributed by atoms with Crippen molar-refractivity contribution in [2.45, 2.75) is 25.8 Å². The second-order valence-electron chi connectivity index (χ2n) is 4.46. The van der Waals surface area contributed by atoms with E-state index in [4.69, 9.17) is 5.73 Å². The van der Waals surface area contributed by atoms with Gasteiger partial charge < -0.3 is 10.3 Å². The number of aromatic nitrogens is 2. The minimum atomic E-state index is 0.0906. The third-order valence-electron chi connectivity index (χ3n) is 3.19. The third-order valence-corrected chi connectivity index (χ3v) is 3.19. The van der Waals surface area contributed by atoms with E-state index in [-0.39, 0.29) is 6.04 Å². The molecule has 1 aromatic heterocycles. The van der Waals surface area contributed by atoms with Crippen LogP contribution in [0.5, 0.6) is 0 Å². The van der Waals surface area contributed by atoms with Gasteiger partial charge in [0.25, 0.3) is 0 Å². The van der Waals surface area contributed by atoms with Crippen molar-refractivity contribution in [3.63, 3.8) is 0 Å². The van der Waals surface area contributed by atoms with Gasteiger partial charge in [0.15, 0.2) is 0 Å². The second kappa shape index (κ2) is 5.15. The molecule has 0 amide bonds. The molecule has 1 atom stereocenters. The van der Waals surface area contributed by atoms with Gasteiger partial charge in [-0.05, 0) is 24.5 Å². The van der Waals surface area contributed by atoms with Crippen molar-refractivity contribution in [2.24, 2.45) is 12.8 Å². The van der Waals surface area contributed by atoms with E-state index in [2.05, 4.69) is 24.0 Å². The highest BCUT2D eigenvalue weighted by Gasteiger charge is 2.09. The van der Waals surface area contributed by atoms with E-state index in [9.17, 15) is 0 Å². The summed E-state index contributed by atoms with van der Waals surface area (Å²) in [6.45, 7) is 2.11. The number of hydrogen-bond donors (Lipinski definition) is 1. The molecule has 0 radical (unpaired) electrons. The molecule has 1 heterocycles. The van der Waals surface area contributed by atoms with Gasteiger partial charge in [-0.1, -0.05) is 24.3 Å². The molecule has 0 fully saturated rings. The standard InChI is InChI=1S/C14H19N3/c1-11-5-3-4-6-12(11)13(15)7-8-14-16-9-10-17(14)2/h3-6,9-10,13H,7-8,15H2,1-2H3. The smallest absolute Gasteiger partial charge is 0.108 e. The SMILES string of the molecule is Cc1ccccc1C(N)CCc1nccn1C. The van der Waals surface area contributed by atoms with Gasteiger partial charge in [0.2, 0.25) is 0 Å². The maximum Gasteiger partial charge on any atom is 0.108 e. The minimum absolute atomic E-state index is 0.0906. The van der Waals surface area contributed by atoms with Crippen molar-refractivity contribution in [2.75, 3.05) is 0 Å². The van der Waals surface area contributed by atoms with Gasteiger partial charge in [-0.2, -0.15) is 0 Å². The maximum absolute atomic E-state index is 6.23. The van der Waals surface area contributed by atoms with Crippen molar-refractivity contribution in [1.29, 1.82) is 0 Å². The Kier molecular flexibility index (Phi) is 3.59. The Morgan fingerprint density at radius 1 is 1.35 bits per heavy atom. The minimum Gasteiger partial charge on any atom is -0.338 e. The average Bonchev–Trinajstić information content (AvgIpc) is 2.72. The number of rotatable bonds is 4. The van der Waals surface area contributed by atoms with Crippen molar-refractivity contribution in [1.82, 2.24) is 9.55 Å². The number of aryl methyl sites for hydroxylation is 3. The van der Waals surface area contributed by atoms with Gasteiger partial charge in [-0.15, -0.1) is 0 Å². The van der Waals surface area contributed by atoms with Crippen molar-refractivity contribution in [3.8, 4) is 0 Å². The average molecular weight is 229 g/mol. The highest BCUT2D eigenvalue weighted by molar-refractivity contribution is 5.28. The fraction of sp³-hybridized carbons (Fsp3) is 0.357. The fourth-order valence-corrected chi connectivity index (χ4v) is 2.08. The molecule has 1 aromatic carbocycles. The molecule has 0 aliphatic rings. The zero-order chi connectivity index (χ0) is 12.3. The number of nitrogens with zero attached hydrogens (tertiary/aromatic N) is 2. The Morgan fingerprint density at radius 2 is 2.12 bits per heavy atom. The van der Waals surface area contributed by atoms with E-state index in [1.807, 2.05) is 36.1 Å². The summed E-state index contributed by atoms with van der Waals surface area (Å²) in [6.07, 6.45) is 5.64. The molecule has 3 heteroatoms. The normalized spacial score (nSPS) is 12.6. The van der Waals surface area contributed by atoms with Crippen molar-refractivity contribution >= 4 is 0 Å². The van der Waals surface area contributed by atoms with E-state index >= 15 is 0 Å². The molecule has 2 aromatic rings. The van der Waals surface area contributed by atoms with Crippen LogP contribution in [0.25, 0.3) is 0 Å². The zero-order valence-corrected chi connectivity index (χ0v) is 10.4. The van der Waals surface area contributed by atoms with Crippen LogP contribution in [0.2, 0.25) is 0 Å². The lowest BCUT2D eigenvalue weighted by atomic mass is 9.98. The van der Waals surface area contributed by atoms with Crippen LogP contribution in [-0.4, -0.2) is 9.55 Å². The van der Waals surface area contributed by atoms with E-state index in [0.29, 0.717) is 0 Å². The van der Waals surface area contributed by atoms with E-state index in [0.717, 1.165) is 18.7 Å². The Morgan fingerprint density at radius 3 is 2.76 bits per heavy atom. The topological polar surface area (TPSA) is 43.8 Å². The Balaban J connectivity index is 2.01. The van der Waals surface area contributed by atoms with E-state index in [1.165, 1.54) is 11.1 Å². The summed E-state index contributed by atoms with van der Waals surface area (Å²) in [7, 11) is 2.02. The largest absolute Gasteiger partial charge is 0.338 e. The number of hydrogen-bond acceptors (Lipinski definition) is 2. The third kappa shape index (κ3) is 2.74. The van der Waals surface area contributed by atoms with E-state index < -0.39 is 0 Å². The monoisotopic (exact) mass is 229 g/mol. The Labute approximate surface area is 102 Å². The first-order valence-electron chi connectivity index (χ1n) is 5.96. The summed E-state index contributed by atoms with van der Waals surface area (Å²) in [5.41, 5.74) is 8.73. The first-order valence-corrected chi connectivity index (χ1v) is 5.96. The van der Waals surface area contributed by atoms with Gasteiger partial charge in [-0.25, -0.2) is 4.98 Å². The summed E-state index contributed by atoms with van der Waals surface area (Å²) in [4.78, 5) is 4.31. The van der Waals surface area contributed by atoms with Crippen LogP contribution >= 0.6 is 0 Å². The molecule has 17 heavy (non-hydrogen) atoms. The first-order chi connectivity index (χ1) is 8.18. The predicted octanol–water partition coefficient (Wildman–Crippen LogP) is 2.36. The lowest BCUT2D eigenvalue weighted by Gasteiger charge is -2.14. The van der Waals surface area contributed by atoms with Gasteiger partial charge in [0, 0.05) is 31.9 Å². The molecule has 2 rings (SSSR count). The predicted molar refractivity (Wildman–Crippen MR) is 69.6 cm³/mol. The van der Waals surface area contributed by atoms with Crippen LogP contribution in [0.1, 0.15) is 29.4 Å². The molecule has 3 nitrogen and oxygen atoms in total. The lowest BCUT2D eigenvalue weighted by molar-refractivity contribution is 0.618. The van der Waals surface area contributed by atoms with Gasteiger partial charge in [0.05, 0.1) is 0 Å². The van der Waals surface area contributed by atoms with Gasteiger partial charge in [-0.3, -0.25) is 0 Å². The van der Waals surface area contributed by atoms with Crippen LogP contribution in [0.15, 0.2) is 36.7 Å². The number of imidazole rings is 1. The summed E-state index contributed by atoms with van der Waals surface area (Å²) in [5, 5.41) is 0. The van der Waals surface area contributed by atoms with Gasteiger partial charge >= 0.3 is 0 Å². The molecule has 1 unspecified atom stereocenters. The quantitative estimate of drug-likeness (QED) is 0.874. The van der Waals surface area contributed by atoms with Gasteiger partial charge in [0.1, 0.15) is 5.82 Å². The number of nitrogens with two attached hydrogens (primary N) is 1. The Hall–Kier alpha value is -1.61. The van der Waals surface area contributed by atoms with Crippen LogP contribution in [0, 0.1) is 6.92 Å². The summed E-state index contributed by atoms with van der Waals surface area (Å²) >= 11 is 0. The molecule has 0 bridgehead atoms. The summed E-state index contributed by atoms with van der Waals surface area (Å²) < 4.78 is 2.05. The van der Waals surface area contributed by atoms with E-state index in [1.54, 1.807) is 0 Å². The molecular formula is C14H19N3. The molecule has 0 saturated carbocycles. The molecule has 90 valence electrons. The van der Waals surface area contributed by atoms with Crippen LogP contribution in [-0.2, 0) is 13.5 Å². The molecular weight excluding hydrogens is 210 g/mol. The fourth-order valence-electron chi connectivity index (χ4n) is 2.08. The van der Waals surface area contributed by atoms with Crippen molar-refractivity contribution < 1.29 is 0 Å². The van der Waals surface area contributed by atoms with Crippen LogP contribution < -0.4 is 5.73 Å². The molecule has 0 spiro atoms. The molecule has 0 saturated heterocycles. The zero-order valence-electron chi connectivity index (χ0n) is 10.4. The second-order valence-corrected chi connectivity index (χ2v) is 4.46.